The second-order valence-electron chi connectivity index (χ2n) is 6.70. The van der Waals surface area contributed by atoms with Crippen LogP contribution in [0, 0.1) is 13.8 Å². The number of esters is 1. The predicted octanol–water partition coefficient (Wildman–Crippen LogP) is 3.63. The fraction of sp³-hybridized carbons (Fsp3) is 0.476. The van der Waals surface area contributed by atoms with Gasteiger partial charge >= 0.3 is 5.97 Å². The first-order chi connectivity index (χ1) is 13.8. The molecule has 0 amide bonds. The maximum atomic E-state index is 12.0. The van der Waals surface area contributed by atoms with Crippen LogP contribution in [0.25, 0.3) is 0 Å². The van der Waals surface area contributed by atoms with Crippen LogP contribution in [0.4, 0.5) is 0 Å². The number of para-hydroxylation sites is 1. The Morgan fingerprint density at radius 2 is 2.00 bits per heavy atom. The maximum Gasteiger partial charge on any atom is 0.350 e. The second-order valence-corrected chi connectivity index (χ2v) is 7.73. The highest BCUT2D eigenvalue weighted by atomic mass is 32.1. The summed E-state index contributed by atoms with van der Waals surface area (Å²) in [5.41, 5.74) is 1.78. The van der Waals surface area contributed by atoms with Crippen LogP contribution in [0.15, 0.2) is 29.3 Å². The van der Waals surface area contributed by atoms with Gasteiger partial charge in [0.2, 0.25) is 0 Å². The van der Waals surface area contributed by atoms with Crippen LogP contribution < -0.4 is 15.4 Å². The molecule has 29 heavy (non-hydrogen) atoms. The van der Waals surface area contributed by atoms with Crippen LogP contribution in [-0.2, 0) is 4.74 Å². The van der Waals surface area contributed by atoms with Gasteiger partial charge in [0.25, 0.3) is 0 Å². The molecule has 0 aliphatic carbocycles. The Labute approximate surface area is 176 Å². The number of aliphatic imine (C=N–C) groups is 1. The lowest BCUT2D eigenvalue weighted by Gasteiger charge is -2.20. The lowest BCUT2D eigenvalue weighted by atomic mass is 10.2. The molecule has 1 aromatic carbocycles. The SMILES string of the molecule is CCOC(=O)c1sc(C(C)NC(=NC)NCC(C)Oc2ccccc2C)nc1C. The van der Waals surface area contributed by atoms with Crippen molar-refractivity contribution in [1.29, 1.82) is 0 Å². The van der Waals surface area contributed by atoms with Gasteiger partial charge in [0.05, 0.1) is 24.9 Å². The van der Waals surface area contributed by atoms with Crippen LogP contribution in [0.1, 0.15) is 52.7 Å². The zero-order valence-electron chi connectivity index (χ0n) is 17.9. The molecule has 0 bridgehead atoms. The van der Waals surface area contributed by atoms with Crippen molar-refractivity contribution in [2.24, 2.45) is 4.99 Å². The highest BCUT2D eigenvalue weighted by Crippen LogP contribution is 2.24. The summed E-state index contributed by atoms with van der Waals surface area (Å²) < 4.78 is 11.1. The maximum absolute atomic E-state index is 12.0. The minimum Gasteiger partial charge on any atom is -0.489 e. The predicted molar refractivity (Wildman–Crippen MR) is 117 cm³/mol. The summed E-state index contributed by atoms with van der Waals surface area (Å²) in [6, 6.07) is 7.84. The van der Waals surface area contributed by atoms with Gasteiger partial charge in [0.1, 0.15) is 21.7 Å². The van der Waals surface area contributed by atoms with Crippen molar-refractivity contribution in [3.05, 3.63) is 45.4 Å². The minimum atomic E-state index is -0.328. The van der Waals surface area contributed by atoms with Crippen molar-refractivity contribution < 1.29 is 14.3 Å². The summed E-state index contributed by atoms with van der Waals surface area (Å²) in [5.74, 6) is 1.19. The third-order valence-corrected chi connectivity index (χ3v) is 5.52. The van der Waals surface area contributed by atoms with Gasteiger partial charge in [-0.1, -0.05) is 18.2 Å². The molecule has 0 saturated carbocycles. The summed E-state index contributed by atoms with van der Waals surface area (Å²) >= 11 is 1.34. The smallest absolute Gasteiger partial charge is 0.350 e. The lowest BCUT2D eigenvalue weighted by Crippen LogP contribution is -2.42. The normalized spacial score (nSPS) is 13.5. The largest absolute Gasteiger partial charge is 0.489 e. The van der Waals surface area contributed by atoms with E-state index in [1.165, 1.54) is 11.3 Å². The average molecular weight is 419 g/mol. The number of nitrogens with zero attached hydrogens (tertiary/aromatic N) is 2. The van der Waals surface area contributed by atoms with E-state index in [0.29, 0.717) is 29.7 Å². The standard InChI is InChI=1S/C21H30N4O3S/c1-7-27-20(26)18-15(4)24-19(29-18)16(5)25-21(22-6)23-12-14(3)28-17-11-9-8-10-13(17)2/h8-11,14,16H,7,12H2,1-6H3,(H2,22,23,25). The first kappa shape index (κ1) is 22.7. The van der Waals surface area contributed by atoms with Crippen LogP contribution in [-0.4, -0.2) is 43.2 Å². The quantitative estimate of drug-likeness (QED) is 0.387. The molecule has 2 atom stereocenters. The highest BCUT2D eigenvalue weighted by Gasteiger charge is 2.20. The zero-order valence-corrected chi connectivity index (χ0v) is 18.7. The Kier molecular flexibility index (Phi) is 8.45. The van der Waals surface area contributed by atoms with Crippen molar-refractivity contribution >= 4 is 23.3 Å². The van der Waals surface area contributed by atoms with Crippen LogP contribution in [0.3, 0.4) is 0 Å². The number of carbonyl (C=O) groups is 1. The zero-order chi connectivity index (χ0) is 21.4. The third kappa shape index (κ3) is 6.45. The van der Waals surface area contributed by atoms with E-state index in [4.69, 9.17) is 9.47 Å². The van der Waals surface area contributed by atoms with E-state index in [1.807, 2.05) is 52.0 Å². The number of aryl methyl sites for hydroxylation is 2. The van der Waals surface area contributed by atoms with E-state index in [9.17, 15) is 4.79 Å². The Hall–Kier alpha value is -2.61. The van der Waals surface area contributed by atoms with Gasteiger partial charge in [-0.3, -0.25) is 4.99 Å². The molecular formula is C21H30N4O3S. The number of guanidine groups is 1. The molecule has 158 valence electrons. The van der Waals surface area contributed by atoms with Crippen molar-refractivity contribution in [2.45, 2.75) is 46.8 Å². The number of hydrogen-bond donors (Lipinski definition) is 2. The Morgan fingerprint density at radius 3 is 2.66 bits per heavy atom. The first-order valence-electron chi connectivity index (χ1n) is 9.69. The van der Waals surface area contributed by atoms with E-state index in [1.54, 1.807) is 14.0 Å². The van der Waals surface area contributed by atoms with Crippen molar-refractivity contribution in [2.75, 3.05) is 20.2 Å². The molecule has 7 nitrogen and oxygen atoms in total. The summed E-state index contributed by atoms with van der Waals surface area (Å²) in [7, 11) is 1.71. The van der Waals surface area contributed by atoms with Crippen LogP contribution >= 0.6 is 11.3 Å². The fourth-order valence-corrected chi connectivity index (χ4v) is 3.60. The third-order valence-electron chi connectivity index (χ3n) is 4.20. The molecule has 0 aliphatic heterocycles. The highest BCUT2D eigenvalue weighted by molar-refractivity contribution is 7.13. The summed E-state index contributed by atoms with van der Waals surface area (Å²) in [5, 5.41) is 7.38. The molecule has 0 aliphatic rings. The van der Waals surface area contributed by atoms with E-state index < -0.39 is 0 Å². The van der Waals surface area contributed by atoms with E-state index in [0.717, 1.165) is 16.3 Å². The van der Waals surface area contributed by atoms with Crippen molar-refractivity contribution in [3.8, 4) is 5.75 Å². The number of ether oxygens (including phenoxy) is 2. The topological polar surface area (TPSA) is 84.8 Å². The minimum absolute atomic E-state index is 0.0394. The first-order valence-corrected chi connectivity index (χ1v) is 10.5. The van der Waals surface area contributed by atoms with E-state index in [-0.39, 0.29) is 18.1 Å². The Bertz CT molecular complexity index is 850. The number of carbonyl (C=O) groups excluding carboxylic acids is 1. The van der Waals surface area contributed by atoms with Gasteiger partial charge in [0.15, 0.2) is 5.96 Å². The van der Waals surface area contributed by atoms with Crippen molar-refractivity contribution in [3.63, 3.8) is 0 Å². The molecule has 0 saturated heterocycles. The number of aromatic nitrogens is 1. The van der Waals surface area contributed by atoms with E-state index >= 15 is 0 Å². The summed E-state index contributed by atoms with van der Waals surface area (Å²) in [6.07, 6.45) is -0.0394. The lowest BCUT2D eigenvalue weighted by molar-refractivity contribution is 0.0531. The average Bonchev–Trinajstić information content (AvgIpc) is 3.09. The number of nitrogens with one attached hydrogen (secondary N) is 2. The molecular weight excluding hydrogens is 388 g/mol. The monoisotopic (exact) mass is 418 g/mol. The summed E-state index contributed by atoms with van der Waals surface area (Å²) in [6.45, 7) is 10.6. The van der Waals surface area contributed by atoms with Gasteiger partial charge in [-0.15, -0.1) is 11.3 Å². The van der Waals surface area contributed by atoms with Gasteiger partial charge in [-0.2, -0.15) is 0 Å². The number of hydrogen-bond acceptors (Lipinski definition) is 6. The van der Waals surface area contributed by atoms with Crippen LogP contribution in [0.5, 0.6) is 5.75 Å². The molecule has 1 aromatic heterocycles. The number of benzene rings is 1. The molecule has 2 aromatic rings. The number of thiazole rings is 1. The Morgan fingerprint density at radius 1 is 1.28 bits per heavy atom. The molecule has 1 heterocycles. The van der Waals surface area contributed by atoms with Gasteiger partial charge in [0, 0.05) is 7.05 Å². The molecule has 8 heteroatoms. The van der Waals surface area contributed by atoms with Gasteiger partial charge in [-0.05, 0) is 46.2 Å². The molecule has 2 rings (SSSR count). The van der Waals surface area contributed by atoms with Gasteiger partial charge < -0.3 is 20.1 Å². The second kappa shape index (κ2) is 10.8. The molecule has 2 unspecified atom stereocenters. The number of rotatable bonds is 8. The fourth-order valence-electron chi connectivity index (χ4n) is 2.64. The van der Waals surface area contributed by atoms with Gasteiger partial charge in [-0.25, -0.2) is 9.78 Å². The summed E-state index contributed by atoms with van der Waals surface area (Å²) in [4.78, 5) is 21.3. The molecule has 0 spiro atoms. The molecule has 0 fully saturated rings. The molecule has 2 N–H and O–H groups in total. The van der Waals surface area contributed by atoms with E-state index in [2.05, 4.69) is 20.6 Å². The molecule has 0 radical (unpaired) electrons. The Balaban J connectivity index is 1.91. The van der Waals surface area contributed by atoms with Crippen LogP contribution in [0.2, 0.25) is 0 Å². The van der Waals surface area contributed by atoms with Crippen molar-refractivity contribution in [1.82, 2.24) is 15.6 Å².